The molecule has 4 nitrogen and oxygen atoms in total. The first-order chi connectivity index (χ1) is 13.6. The Balaban J connectivity index is 1.56. The van der Waals surface area contributed by atoms with Crippen LogP contribution in [-0.4, -0.2) is 41.0 Å². The highest BCUT2D eigenvalue weighted by Crippen LogP contribution is 2.50. The molecule has 2 aromatic rings. The standard InChI is InChI=1S/C22H23Cl2N3O/c1-2-26-11-9-22(10-12-26)27-20(17-5-3-4-6-21(17)28-22)14-19(25-27)16-8-7-15(23)13-18(16)24/h3-8,13,20H,2,9-12,14H2,1H3/t20-/m1/s1. The minimum atomic E-state index is -0.384. The van der Waals surface area contributed by atoms with E-state index in [0.717, 1.165) is 55.9 Å². The van der Waals surface area contributed by atoms with Gasteiger partial charge in [-0.1, -0.05) is 54.4 Å². The van der Waals surface area contributed by atoms with Gasteiger partial charge in [0.2, 0.25) is 5.72 Å². The summed E-state index contributed by atoms with van der Waals surface area (Å²) in [5, 5.41) is 8.59. The second-order valence-electron chi connectivity index (χ2n) is 7.76. The van der Waals surface area contributed by atoms with E-state index in [0.29, 0.717) is 10.0 Å². The van der Waals surface area contributed by atoms with Crippen LogP contribution >= 0.6 is 23.2 Å². The van der Waals surface area contributed by atoms with Crippen LogP contribution in [0, 0.1) is 0 Å². The Morgan fingerprint density at radius 3 is 2.68 bits per heavy atom. The summed E-state index contributed by atoms with van der Waals surface area (Å²) in [7, 11) is 0. The quantitative estimate of drug-likeness (QED) is 0.661. The molecule has 5 rings (SSSR count). The lowest BCUT2D eigenvalue weighted by molar-refractivity contribution is -0.149. The summed E-state index contributed by atoms with van der Waals surface area (Å²) in [6.45, 7) is 5.33. The molecule has 146 valence electrons. The zero-order valence-electron chi connectivity index (χ0n) is 15.9. The molecule has 0 bridgehead atoms. The lowest BCUT2D eigenvalue weighted by Crippen LogP contribution is -2.59. The summed E-state index contributed by atoms with van der Waals surface area (Å²) in [5.41, 5.74) is 2.78. The van der Waals surface area contributed by atoms with Crippen molar-refractivity contribution in [1.29, 1.82) is 0 Å². The van der Waals surface area contributed by atoms with Crippen molar-refractivity contribution in [2.24, 2.45) is 5.10 Å². The zero-order valence-corrected chi connectivity index (χ0v) is 17.4. The fourth-order valence-electron chi connectivity index (χ4n) is 4.66. The average molecular weight is 416 g/mol. The van der Waals surface area contributed by atoms with Crippen molar-refractivity contribution < 1.29 is 4.74 Å². The predicted molar refractivity (Wildman–Crippen MR) is 113 cm³/mol. The van der Waals surface area contributed by atoms with Crippen LogP contribution in [0.4, 0.5) is 0 Å². The van der Waals surface area contributed by atoms with Crippen LogP contribution in [0.1, 0.15) is 43.4 Å². The zero-order chi connectivity index (χ0) is 19.3. The van der Waals surface area contributed by atoms with E-state index in [9.17, 15) is 0 Å². The molecule has 2 aromatic carbocycles. The molecule has 1 saturated heterocycles. The van der Waals surface area contributed by atoms with Crippen LogP contribution in [0.3, 0.4) is 0 Å². The fourth-order valence-corrected chi connectivity index (χ4v) is 5.18. The molecule has 1 atom stereocenters. The van der Waals surface area contributed by atoms with E-state index in [4.69, 9.17) is 33.0 Å². The number of hydrogen-bond donors (Lipinski definition) is 0. The Morgan fingerprint density at radius 2 is 1.93 bits per heavy atom. The van der Waals surface area contributed by atoms with Crippen molar-refractivity contribution in [3.8, 4) is 5.75 Å². The number of hydrogen-bond acceptors (Lipinski definition) is 4. The Hall–Kier alpha value is -1.75. The number of fused-ring (bicyclic) bond motifs is 4. The molecule has 0 amide bonds. The molecule has 28 heavy (non-hydrogen) atoms. The average Bonchev–Trinajstić information content (AvgIpc) is 3.15. The van der Waals surface area contributed by atoms with E-state index in [1.165, 1.54) is 5.56 Å². The van der Waals surface area contributed by atoms with Crippen molar-refractivity contribution in [3.05, 3.63) is 63.6 Å². The van der Waals surface area contributed by atoms with E-state index in [1.807, 2.05) is 12.1 Å². The molecule has 6 heteroatoms. The Bertz CT molecular complexity index is 937. The van der Waals surface area contributed by atoms with Crippen LogP contribution in [0.15, 0.2) is 47.6 Å². The van der Waals surface area contributed by atoms with Gasteiger partial charge in [0.25, 0.3) is 0 Å². The van der Waals surface area contributed by atoms with Gasteiger partial charge in [0.05, 0.1) is 16.8 Å². The second-order valence-corrected chi connectivity index (χ2v) is 8.60. The van der Waals surface area contributed by atoms with Gasteiger partial charge in [0.15, 0.2) is 0 Å². The summed E-state index contributed by atoms with van der Waals surface area (Å²) in [4.78, 5) is 2.47. The van der Waals surface area contributed by atoms with Gasteiger partial charge >= 0.3 is 0 Å². The normalized spacial score (nSPS) is 23.2. The van der Waals surface area contributed by atoms with E-state index in [2.05, 4.69) is 41.1 Å². The molecular formula is C22H23Cl2N3O. The van der Waals surface area contributed by atoms with Crippen LogP contribution in [0.25, 0.3) is 0 Å². The topological polar surface area (TPSA) is 28.1 Å². The monoisotopic (exact) mass is 415 g/mol. The smallest absolute Gasteiger partial charge is 0.200 e. The fraction of sp³-hybridized carbons (Fsp3) is 0.409. The van der Waals surface area contributed by atoms with Crippen LogP contribution < -0.4 is 4.74 Å². The largest absolute Gasteiger partial charge is 0.466 e. The highest BCUT2D eigenvalue weighted by Gasteiger charge is 2.51. The van der Waals surface area contributed by atoms with Gasteiger partial charge in [-0.05, 0) is 24.7 Å². The van der Waals surface area contributed by atoms with Crippen molar-refractivity contribution in [3.63, 3.8) is 0 Å². The number of rotatable bonds is 2. The van der Waals surface area contributed by atoms with Crippen molar-refractivity contribution in [2.45, 2.75) is 38.0 Å². The molecule has 0 aliphatic carbocycles. The lowest BCUT2D eigenvalue weighted by atomic mass is 9.90. The number of ether oxygens (including phenoxy) is 1. The summed E-state index contributed by atoms with van der Waals surface area (Å²) >= 11 is 12.6. The van der Waals surface area contributed by atoms with E-state index < -0.39 is 0 Å². The van der Waals surface area contributed by atoms with Crippen molar-refractivity contribution >= 4 is 28.9 Å². The van der Waals surface area contributed by atoms with Crippen molar-refractivity contribution in [1.82, 2.24) is 9.91 Å². The van der Waals surface area contributed by atoms with Gasteiger partial charge in [-0.2, -0.15) is 5.10 Å². The molecule has 0 aromatic heterocycles. The van der Waals surface area contributed by atoms with Gasteiger partial charge in [-0.15, -0.1) is 0 Å². The summed E-state index contributed by atoms with van der Waals surface area (Å²) in [6.07, 6.45) is 2.70. The third kappa shape index (κ3) is 2.90. The first kappa shape index (κ1) is 18.3. The molecule has 3 heterocycles. The molecule has 0 saturated carbocycles. The maximum absolute atomic E-state index is 6.64. The van der Waals surface area contributed by atoms with Gasteiger partial charge in [-0.3, -0.25) is 0 Å². The van der Waals surface area contributed by atoms with Gasteiger partial charge in [-0.25, -0.2) is 5.01 Å². The van der Waals surface area contributed by atoms with E-state index >= 15 is 0 Å². The molecule has 3 aliphatic rings. The molecule has 1 spiro atoms. The Labute approximate surface area is 175 Å². The number of hydrazone groups is 1. The minimum Gasteiger partial charge on any atom is -0.466 e. The number of piperidine rings is 1. The third-order valence-corrected chi connectivity index (χ3v) is 6.78. The Morgan fingerprint density at radius 1 is 1.14 bits per heavy atom. The van der Waals surface area contributed by atoms with Gasteiger partial charge < -0.3 is 9.64 Å². The first-order valence-electron chi connectivity index (χ1n) is 9.92. The summed E-state index contributed by atoms with van der Waals surface area (Å²) in [6, 6.07) is 14.2. The molecule has 0 unspecified atom stereocenters. The predicted octanol–water partition coefficient (Wildman–Crippen LogP) is 5.35. The van der Waals surface area contributed by atoms with E-state index in [1.54, 1.807) is 6.07 Å². The third-order valence-electron chi connectivity index (χ3n) is 6.23. The van der Waals surface area contributed by atoms with Crippen molar-refractivity contribution in [2.75, 3.05) is 19.6 Å². The Kier molecular flexibility index (Phi) is 4.53. The number of likely N-dealkylation sites (tertiary alicyclic amines) is 1. The first-order valence-corrected chi connectivity index (χ1v) is 10.7. The SMILES string of the molecule is CCN1CCC2(CC1)Oc1ccccc1[C@H]1CC(c3ccc(Cl)cc3Cl)=NN12. The molecule has 3 aliphatic heterocycles. The lowest BCUT2D eigenvalue weighted by Gasteiger charge is -2.51. The summed E-state index contributed by atoms with van der Waals surface area (Å²) in [5.74, 6) is 0.993. The number of halogens is 2. The highest BCUT2D eigenvalue weighted by atomic mass is 35.5. The van der Waals surface area contributed by atoms with Gasteiger partial charge in [0.1, 0.15) is 5.75 Å². The summed E-state index contributed by atoms with van der Waals surface area (Å²) < 4.78 is 6.64. The van der Waals surface area contributed by atoms with Gasteiger partial charge in [0, 0.05) is 48.5 Å². The van der Waals surface area contributed by atoms with Crippen LogP contribution in [0.2, 0.25) is 10.0 Å². The molecule has 1 fully saturated rings. The number of para-hydroxylation sites is 1. The maximum Gasteiger partial charge on any atom is 0.200 e. The molecule has 0 radical (unpaired) electrons. The number of benzene rings is 2. The minimum absolute atomic E-state index is 0.180. The number of nitrogens with zero attached hydrogens (tertiary/aromatic N) is 3. The molecular weight excluding hydrogens is 393 g/mol. The molecule has 0 N–H and O–H groups in total. The van der Waals surface area contributed by atoms with Crippen LogP contribution in [-0.2, 0) is 0 Å². The maximum atomic E-state index is 6.64. The second kappa shape index (κ2) is 6.94. The van der Waals surface area contributed by atoms with E-state index in [-0.39, 0.29) is 11.8 Å². The highest BCUT2D eigenvalue weighted by molar-refractivity contribution is 6.37. The van der Waals surface area contributed by atoms with Crippen LogP contribution in [0.5, 0.6) is 5.75 Å².